The zero-order chi connectivity index (χ0) is 23.9. The van der Waals surface area contributed by atoms with Crippen LogP contribution in [0.5, 0.6) is 0 Å². The third kappa shape index (κ3) is 4.21. The summed E-state index contributed by atoms with van der Waals surface area (Å²) >= 11 is 0. The van der Waals surface area contributed by atoms with Gasteiger partial charge in [-0.3, -0.25) is 14.6 Å². The monoisotopic (exact) mass is 444 g/mol. The molecule has 0 spiro atoms. The first kappa shape index (κ1) is 22.5. The number of nitrogens with zero attached hydrogens (tertiary/aromatic N) is 2. The highest BCUT2D eigenvalue weighted by Crippen LogP contribution is 2.41. The Labute approximate surface area is 193 Å². The van der Waals surface area contributed by atoms with E-state index in [-0.39, 0.29) is 23.3 Å². The van der Waals surface area contributed by atoms with Crippen molar-refractivity contribution in [2.24, 2.45) is 0 Å². The molecule has 1 aromatic carbocycles. The number of rotatable bonds is 4. The molecule has 0 aliphatic carbocycles. The van der Waals surface area contributed by atoms with E-state index in [0.29, 0.717) is 17.1 Å². The summed E-state index contributed by atoms with van der Waals surface area (Å²) in [7, 11) is 0. The van der Waals surface area contributed by atoms with Crippen LogP contribution in [0.3, 0.4) is 0 Å². The number of Topliss-reactive ketones (excluding diaryl/α,β-unsaturated/α-hetero) is 1. The lowest BCUT2D eigenvalue weighted by Crippen LogP contribution is -2.29. The maximum absolute atomic E-state index is 13.2. The van der Waals surface area contributed by atoms with Crippen LogP contribution >= 0.6 is 0 Å². The van der Waals surface area contributed by atoms with E-state index < -0.39 is 17.7 Å². The molecule has 170 valence electrons. The molecule has 1 aliphatic rings. The van der Waals surface area contributed by atoms with Gasteiger partial charge >= 0.3 is 0 Å². The fourth-order valence-corrected chi connectivity index (χ4v) is 4.12. The van der Waals surface area contributed by atoms with Gasteiger partial charge in [0.05, 0.1) is 5.57 Å². The van der Waals surface area contributed by atoms with E-state index in [1.54, 1.807) is 37.5 Å². The molecule has 1 atom stereocenters. The number of pyridine rings is 1. The second-order valence-corrected chi connectivity index (χ2v) is 9.52. The summed E-state index contributed by atoms with van der Waals surface area (Å²) in [5, 5.41) is 11.4. The largest absolute Gasteiger partial charge is 0.507 e. The Morgan fingerprint density at radius 3 is 2.48 bits per heavy atom. The number of benzene rings is 1. The van der Waals surface area contributed by atoms with Crippen molar-refractivity contribution in [3.05, 3.63) is 94.2 Å². The molecule has 0 bridgehead atoms. The Morgan fingerprint density at radius 2 is 1.88 bits per heavy atom. The summed E-state index contributed by atoms with van der Waals surface area (Å²) in [6.07, 6.45) is 3.30. The fraction of sp³-hybridized carbons (Fsp3) is 0.296. The molecule has 6 heteroatoms. The summed E-state index contributed by atoms with van der Waals surface area (Å²) in [4.78, 5) is 31.9. The van der Waals surface area contributed by atoms with E-state index in [4.69, 9.17) is 4.42 Å². The number of carbonyl (C=O) groups is 2. The molecule has 0 radical (unpaired) electrons. The summed E-state index contributed by atoms with van der Waals surface area (Å²) in [5.74, 6) is -0.505. The van der Waals surface area contributed by atoms with Gasteiger partial charge < -0.3 is 14.4 Å². The van der Waals surface area contributed by atoms with Crippen LogP contribution in [0.4, 0.5) is 0 Å². The van der Waals surface area contributed by atoms with Crippen LogP contribution in [-0.2, 0) is 21.5 Å². The molecule has 1 saturated heterocycles. The number of hydrogen-bond donors (Lipinski definition) is 1. The number of furan rings is 1. The SMILES string of the molecule is Cc1ccc(C2/C(=C(\O)c3cc(C(C)(C)C)ccc3C)C(=O)C(=O)N2Cc2cccnc2)o1. The van der Waals surface area contributed by atoms with Gasteiger partial charge in [-0.05, 0) is 60.2 Å². The highest BCUT2D eigenvalue weighted by atomic mass is 16.3. The average Bonchev–Trinajstić information content (AvgIpc) is 3.30. The lowest BCUT2D eigenvalue weighted by Gasteiger charge is -2.24. The van der Waals surface area contributed by atoms with Crippen molar-refractivity contribution < 1.29 is 19.1 Å². The van der Waals surface area contributed by atoms with Crippen LogP contribution in [0.1, 0.15) is 60.6 Å². The highest BCUT2D eigenvalue weighted by Gasteiger charge is 2.47. The Kier molecular flexibility index (Phi) is 5.70. The number of aliphatic hydroxyl groups is 1. The van der Waals surface area contributed by atoms with Crippen molar-refractivity contribution >= 4 is 17.4 Å². The predicted octanol–water partition coefficient (Wildman–Crippen LogP) is 5.21. The van der Waals surface area contributed by atoms with E-state index in [2.05, 4.69) is 25.8 Å². The number of carbonyl (C=O) groups excluding carboxylic acids is 2. The molecular formula is C27H28N2O4. The Hall–Kier alpha value is -3.67. The average molecular weight is 445 g/mol. The first-order valence-electron chi connectivity index (χ1n) is 10.9. The lowest BCUT2D eigenvalue weighted by molar-refractivity contribution is -0.140. The van der Waals surface area contributed by atoms with E-state index in [9.17, 15) is 14.7 Å². The minimum Gasteiger partial charge on any atom is -0.507 e. The van der Waals surface area contributed by atoms with Crippen molar-refractivity contribution in [2.75, 3.05) is 0 Å². The van der Waals surface area contributed by atoms with Crippen LogP contribution in [0.15, 0.2) is 64.8 Å². The van der Waals surface area contributed by atoms with E-state index in [0.717, 1.165) is 16.7 Å². The molecule has 0 saturated carbocycles. The number of hydrogen-bond acceptors (Lipinski definition) is 5. The van der Waals surface area contributed by atoms with Crippen molar-refractivity contribution in [3.63, 3.8) is 0 Å². The Morgan fingerprint density at radius 1 is 1.12 bits per heavy atom. The highest BCUT2D eigenvalue weighted by molar-refractivity contribution is 6.46. The van der Waals surface area contributed by atoms with Gasteiger partial charge in [-0.25, -0.2) is 0 Å². The first-order chi connectivity index (χ1) is 15.6. The van der Waals surface area contributed by atoms with Crippen molar-refractivity contribution in [1.29, 1.82) is 0 Å². The summed E-state index contributed by atoms with van der Waals surface area (Å²) in [6, 6.07) is 12.1. The zero-order valence-corrected chi connectivity index (χ0v) is 19.5. The van der Waals surface area contributed by atoms with E-state index >= 15 is 0 Å². The molecule has 1 fully saturated rings. The number of aliphatic hydroxyl groups excluding tert-OH is 1. The van der Waals surface area contributed by atoms with Crippen LogP contribution in [0.2, 0.25) is 0 Å². The van der Waals surface area contributed by atoms with E-state index in [1.807, 2.05) is 31.2 Å². The standard InChI is InChI=1S/C27H28N2O4/c1-16-8-10-19(27(3,4)5)13-20(16)24(30)22-23(21-11-9-17(2)33-21)29(26(32)25(22)31)15-18-7-6-12-28-14-18/h6-14,23,30H,15H2,1-5H3/b24-22+. The quantitative estimate of drug-likeness (QED) is 0.339. The number of ketones is 1. The van der Waals surface area contributed by atoms with Gasteiger partial charge in [0.1, 0.15) is 23.3 Å². The van der Waals surface area contributed by atoms with Gasteiger partial charge in [0.15, 0.2) is 0 Å². The van der Waals surface area contributed by atoms with Crippen LogP contribution in [-0.4, -0.2) is 26.7 Å². The van der Waals surface area contributed by atoms with Gasteiger partial charge in [-0.2, -0.15) is 0 Å². The van der Waals surface area contributed by atoms with Gasteiger partial charge in [-0.15, -0.1) is 0 Å². The van der Waals surface area contributed by atoms with Gasteiger partial charge in [-0.1, -0.05) is 39.0 Å². The third-order valence-corrected chi connectivity index (χ3v) is 6.01. The lowest BCUT2D eigenvalue weighted by atomic mass is 9.84. The smallest absolute Gasteiger partial charge is 0.296 e. The topological polar surface area (TPSA) is 83.6 Å². The Bertz CT molecular complexity index is 1250. The zero-order valence-electron chi connectivity index (χ0n) is 19.5. The molecule has 1 aliphatic heterocycles. The molecule has 2 aromatic heterocycles. The van der Waals surface area contributed by atoms with Crippen LogP contribution < -0.4 is 0 Å². The molecule has 3 heterocycles. The van der Waals surface area contributed by atoms with Gasteiger partial charge in [0, 0.05) is 24.5 Å². The Balaban J connectivity index is 1.89. The second kappa shape index (κ2) is 8.35. The maximum atomic E-state index is 13.2. The van der Waals surface area contributed by atoms with Gasteiger partial charge in [0.25, 0.3) is 11.7 Å². The van der Waals surface area contributed by atoms with Crippen molar-refractivity contribution in [1.82, 2.24) is 9.88 Å². The minimum atomic E-state index is -0.836. The number of likely N-dealkylation sites (tertiary alicyclic amines) is 1. The molecule has 3 aromatic rings. The molecular weight excluding hydrogens is 416 g/mol. The summed E-state index contributed by atoms with van der Waals surface area (Å²) < 4.78 is 5.85. The molecule has 4 rings (SSSR count). The number of aryl methyl sites for hydroxylation is 2. The molecule has 1 unspecified atom stereocenters. The van der Waals surface area contributed by atoms with E-state index in [1.165, 1.54) is 4.90 Å². The van der Waals surface area contributed by atoms with Crippen molar-refractivity contribution in [2.45, 2.75) is 52.6 Å². The maximum Gasteiger partial charge on any atom is 0.296 e. The molecule has 33 heavy (non-hydrogen) atoms. The first-order valence-corrected chi connectivity index (χ1v) is 10.9. The summed E-state index contributed by atoms with van der Waals surface area (Å²) in [5.41, 5.74) is 3.03. The predicted molar refractivity (Wildman–Crippen MR) is 125 cm³/mol. The third-order valence-electron chi connectivity index (χ3n) is 6.01. The number of amides is 1. The van der Waals surface area contributed by atoms with Crippen LogP contribution in [0.25, 0.3) is 5.76 Å². The van der Waals surface area contributed by atoms with Crippen LogP contribution in [0, 0.1) is 13.8 Å². The van der Waals surface area contributed by atoms with Gasteiger partial charge in [0.2, 0.25) is 0 Å². The molecule has 1 amide bonds. The second-order valence-electron chi connectivity index (χ2n) is 9.52. The normalized spacial score (nSPS) is 18.2. The fourth-order valence-electron chi connectivity index (χ4n) is 4.12. The summed E-state index contributed by atoms with van der Waals surface area (Å²) in [6.45, 7) is 10.1. The minimum absolute atomic E-state index is 0.0346. The molecule has 1 N–H and O–H groups in total. The molecule has 6 nitrogen and oxygen atoms in total. The van der Waals surface area contributed by atoms with Crippen molar-refractivity contribution in [3.8, 4) is 0 Å². The number of aromatic nitrogens is 1.